The summed E-state index contributed by atoms with van der Waals surface area (Å²) in [5.41, 5.74) is 29.2. The topological polar surface area (TPSA) is 106 Å². The molecule has 0 spiro atoms. The number of pyridine rings is 2. The second kappa shape index (κ2) is 23.0. The summed E-state index contributed by atoms with van der Waals surface area (Å²) < 4.78 is 26.9. The SMILES string of the molecule is c1ccc(-c2cccc(-n3c4cccc5c4c4c6c(cccc6c6oc7ccccc7c6c43)-c3ccccc3-5)n2)cc1.c1ccc(-n2c3cccc4c3c3c5c(cccc5c5oc6ccccc6c5c32)-c2ccccc2-4)nc1.c1cnc(-n2c3cccc4c3c3c5c(cccc5c5oc6ccccc6c5c32)-c2ccccc2-4)nc1. The molecule has 0 radical (unpaired) electrons. The van der Waals surface area contributed by atoms with E-state index in [1.807, 2.05) is 55.0 Å². The maximum atomic E-state index is 6.72. The van der Waals surface area contributed by atoms with Crippen molar-refractivity contribution in [1.82, 2.24) is 33.6 Å². The van der Waals surface area contributed by atoms with E-state index in [4.69, 9.17) is 33.2 Å². The van der Waals surface area contributed by atoms with Crippen LogP contribution in [0, 0.1) is 0 Å². The van der Waals surface area contributed by atoms with E-state index in [0.717, 1.165) is 138 Å². The Kier molecular flexibility index (Phi) is 12.4. The van der Waals surface area contributed by atoms with Crippen LogP contribution in [0.4, 0.5) is 0 Å². The van der Waals surface area contributed by atoms with Gasteiger partial charge in [0.15, 0.2) is 0 Å². The van der Waals surface area contributed by atoms with Gasteiger partial charge in [0.1, 0.15) is 45.1 Å². The van der Waals surface area contributed by atoms with Crippen molar-refractivity contribution in [3.8, 4) is 95.6 Å². The van der Waals surface area contributed by atoms with Gasteiger partial charge in [0.2, 0.25) is 5.95 Å². The average Bonchev–Trinajstić information content (AvgIpc) is 1.53. The van der Waals surface area contributed by atoms with Gasteiger partial charge >= 0.3 is 0 Å². The molecule has 0 saturated heterocycles. The van der Waals surface area contributed by atoms with Crippen LogP contribution in [0.25, 0.3) is 259 Å². The maximum absolute atomic E-state index is 6.72. The van der Waals surface area contributed by atoms with E-state index >= 15 is 0 Å². The van der Waals surface area contributed by atoms with Crippen LogP contribution in [-0.4, -0.2) is 33.6 Å². The van der Waals surface area contributed by atoms with Crippen molar-refractivity contribution in [2.24, 2.45) is 0 Å². The summed E-state index contributed by atoms with van der Waals surface area (Å²) in [5, 5.41) is 21.4. The first-order valence-electron chi connectivity index (χ1n) is 38.7. The molecular weight excluding hydrogens is 1400 g/mol. The highest BCUT2D eigenvalue weighted by atomic mass is 16.3. The van der Waals surface area contributed by atoms with Crippen LogP contribution in [0.2, 0.25) is 0 Å². The molecule has 3 aliphatic rings. The Balaban J connectivity index is 0.0000000945. The van der Waals surface area contributed by atoms with Crippen LogP contribution in [-0.2, 0) is 0 Å². The summed E-state index contributed by atoms with van der Waals surface area (Å²) in [5.74, 6) is 2.46. The van der Waals surface area contributed by atoms with Crippen molar-refractivity contribution in [1.29, 1.82) is 0 Å². The minimum atomic E-state index is 0.659. The van der Waals surface area contributed by atoms with E-state index in [0.29, 0.717) is 5.95 Å². The predicted molar refractivity (Wildman–Crippen MR) is 467 cm³/mol. The molecule has 0 atom stereocenters. The van der Waals surface area contributed by atoms with Gasteiger partial charge in [0, 0.05) is 105 Å². The molecule has 25 aromatic rings. The fraction of sp³-hybridized carbons (Fsp3) is 0. The zero-order valence-electron chi connectivity index (χ0n) is 60.8. The molecule has 9 heterocycles. The first-order chi connectivity index (χ1) is 56.7. The summed E-state index contributed by atoms with van der Waals surface area (Å²) in [6.45, 7) is 0. The Morgan fingerprint density at radius 1 is 0.202 bits per heavy atom. The molecule has 526 valence electrons. The van der Waals surface area contributed by atoms with Crippen molar-refractivity contribution in [3.63, 3.8) is 0 Å². The third kappa shape index (κ3) is 8.15. The monoisotopic (exact) mass is 1450 g/mol. The van der Waals surface area contributed by atoms with E-state index in [9.17, 15) is 0 Å². The molecule has 3 aliphatic carbocycles. The number of nitrogens with zero attached hydrogens (tertiary/aromatic N) is 7. The van der Waals surface area contributed by atoms with Gasteiger partial charge in [-0.2, -0.15) is 0 Å². The van der Waals surface area contributed by atoms with Crippen LogP contribution in [0.5, 0.6) is 0 Å². The third-order valence-electron chi connectivity index (χ3n) is 24.3. The Morgan fingerprint density at radius 3 is 0.939 bits per heavy atom. The number of hydrogen-bond acceptors (Lipinski definition) is 7. The molecule has 114 heavy (non-hydrogen) atoms. The largest absolute Gasteiger partial charge is 0.455 e. The molecule has 9 aromatic heterocycles. The van der Waals surface area contributed by atoms with E-state index in [1.54, 1.807) is 0 Å². The van der Waals surface area contributed by atoms with Crippen LogP contribution >= 0.6 is 0 Å². The highest BCUT2D eigenvalue weighted by molar-refractivity contribution is 6.43. The summed E-state index contributed by atoms with van der Waals surface area (Å²) in [7, 11) is 0. The lowest BCUT2D eigenvalue weighted by molar-refractivity contribution is 0.672. The van der Waals surface area contributed by atoms with Gasteiger partial charge in [0.05, 0.1) is 55.0 Å². The molecule has 0 unspecified atom stereocenters. The molecule has 10 nitrogen and oxygen atoms in total. The van der Waals surface area contributed by atoms with Crippen LogP contribution < -0.4 is 0 Å². The number of aromatic nitrogens is 7. The van der Waals surface area contributed by atoms with Crippen molar-refractivity contribution >= 4 is 164 Å². The lowest BCUT2D eigenvalue weighted by Crippen LogP contribution is -2.00. The second-order valence-corrected chi connectivity index (χ2v) is 30.0. The molecule has 0 aliphatic heterocycles. The standard InChI is InChI=1S/C39H22N2O.C33H18N2O.C32H17N3O/c1-2-11-23(12-3-1)30-19-10-22-33(40-30)41-31-20-9-17-27-25-14-5-4-13-24(25)26-16-8-18-29-34(26)37(35(27)31)38(41)36-28-15-6-7-21-32(28)42-39(29)36;1-2-10-20-19(9-1)21-12-7-14-24-28(21)31-29-22(20)13-8-15-25(29)35(27-17-5-6-18-34-27)32(31)30-23-11-3-4-16-26(23)36-33(24)30;1-2-9-19-18(8-1)20-11-5-13-23-26(20)29-27-21(19)12-6-14-24(27)35(32-33-16-7-17-34-32)30(29)28-22-10-3-4-15-25(22)36-31(23)28/h1-22H;1-18H;1-17H. The molecule has 0 bridgehead atoms. The van der Waals surface area contributed by atoms with E-state index in [-0.39, 0.29) is 0 Å². The zero-order chi connectivity index (χ0) is 74.1. The van der Waals surface area contributed by atoms with Crippen molar-refractivity contribution in [2.45, 2.75) is 0 Å². The van der Waals surface area contributed by atoms with E-state index in [1.165, 1.54) is 115 Å². The molecule has 0 amide bonds. The van der Waals surface area contributed by atoms with Crippen LogP contribution in [0.15, 0.2) is 359 Å². The number of benzene rings is 16. The first-order valence-corrected chi connectivity index (χ1v) is 38.7. The third-order valence-corrected chi connectivity index (χ3v) is 24.3. The summed E-state index contributed by atoms with van der Waals surface area (Å²) in [6.07, 6.45) is 5.49. The maximum Gasteiger partial charge on any atom is 0.234 e. The molecule has 0 fully saturated rings. The van der Waals surface area contributed by atoms with Crippen LogP contribution in [0.3, 0.4) is 0 Å². The van der Waals surface area contributed by atoms with Gasteiger partial charge in [-0.1, -0.05) is 261 Å². The lowest BCUT2D eigenvalue weighted by atomic mass is 9.92. The van der Waals surface area contributed by atoms with Crippen molar-refractivity contribution < 1.29 is 13.3 Å². The van der Waals surface area contributed by atoms with Gasteiger partial charge in [-0.25, -0.2) is 19.9 Å². The van der Waals surface area contributed by atoms with E-state index in [2.05, 4.69) is 305 Å². The average molecular weight is 1450 g/mol. The van der Waals surface area contributed by atoms with Crippen LogP contribution in [0.1, 0.15) is 0 Å². The van der Waals surface area contributed by atoms with Crippen molar-refractivity contribution in [2.75, 3.05) is 0 Å². The molecule has 16 aromatic carbocycles. The van der Waals surface area contributed by atoms with Gasteiger partial charge in [-0.3, -0.25) is 13.7 Å². The number of hydrogen-bond donors (Lipinski definition) is 0. The number of para-hydroxylation sites is 3. The highest BCUT2D eigenvalue weighted by Crippen LogP contribution is 2.58. The minimum absolute atomic E-state index is 0.659. The smallest absolute Gasteiger partial charge is 0.234 e. The molecule has 0 saturated carbocycles. The molecule has 0 N–H and O–H groups in total. The summed E-state index contributed by atoms with van der Waals surface area (Å²) >= 11 is 0. The van der Waals surface area contributed by atoms with Gasteiger partial charge < -0.3 is 13.3 Å². The van der Waals surface area contributed by atoms with Gasteiger partial charge in [0.25, 0.3) is 0 Å². The van der Waals surface area contributed by atoms with Gasteiger partial charge in [-0.05, 0) is 133 Å². The summed E-state index contributed by atoms with van der Waals surface area (Å²) in [4.78, 5) is 19.5. The first kappa shape index (κ1) is 61.4. The quantitative estimate of drug-likeness (QED) is 0.173. The predicted octanol–water partition coefficient (Wildman–Crippen LogP) is 27.7. The Hall–Kier alpha value is -15.5. The minimum Gasteiger partial charge on any atom is -0.455 e. The molecule has 10 heteroatoms. The highest BCUT2D eigenvalue weighted by Gasteiger charge is 2.34. The summed E-state index contributed by atoms with van der Waals surface area (Å²) in [6, 6.07) is 116. The van der Waals surface area contributed by atoms with Crippen molar-refractivity contribution in [3.05, 3.63) is 346 Å². The Labute approximate surface area is 648 Å². The van der Waals surface area contributed by atoms with E-state index < -0.39 is 0 Å². The fourth-order valence-corrected chi connectivity index (χ4v) is 20.0. The second-order valence-electron chi connectivity index (χ2n) is 30.0. The van der Waals surface area contributed by atoms with Gasteiger partial charge in [-0.15, -0.1) is 0 Å². The zero-order valence-corrected chi connectivity index (χ0v) is 60.8. The molecule has 28 rings (SSSR count). The lowest BCUT2D eigenvalue weighted by Gasteiger charge is -2.14. The molecular formula is C104H57N7O3. The normalized spacial score (nSPS) is 12.4. The number of furan rings is 3. The number of fused-ring (bicyclic) bond motifs is 24. The fourth-order valence-electron chi connectivity index (χ4n) is 20.0. The Bertz CT molecular complexity index is 8230. The Morgan fingerprint density at radius 2 is 0.518 bits per heavy atom. The number of rotatable bonds is 4.